The monoisotopic (exact) mass is 269 g/mol. The number of halogens is 3. The highest BCUT2D eigenvalue weighted by molar-refractivity contribution is 6.06. The molecule has 0 saturated heterocycles. The number of hydrogen-bond acceptors (Lipinski definition) is 3. The van der Waals surface area contributed by atoms with Gasteiger partial charge in [0.05, 0.1) is 0 Å². The fourth-order valence-corrected chi connectivity index (χ4v) is 2.02. The van der Waals surface area contributed by atoms with Gasteiger partial charge in [0.1, 0.15) is 17.6 Å². The average molecular weight is 269 g/mol. The van der Waals surface area contributed by atoms with Crippen LogP contribution >= 0.6 is 0 Å². The van der Waals surface area contributed by atoms with Crippen LogP contribution in [0.25, 0.3) is 22.1 Å². The first-order chi connectivity index (χ1) is 8.96. The normalized spacial score (nSPS) is 12.4. The molecule has 0 fully saturated rings. The van der Waals surface area contributed by atoms with Gasteiger partial charge in [0.2, 0.25) is 0 Å². The summed E-state index contributed by atoms with van der Waals surface area (Å²) in [5.74, 6) is 0.225. The molecule has 0 amide bonds. The summed E-state index contributed by atoms with van der Waals surface area (Å²) < 4.78 is 43.7. The van der Waals surface area contributed by atoms with Crippen LogP contribution in [0.1, 0.15) is 0 Å². The fourth-order valence-electron chi connectivity index (χ4n) is 2.02. The molecule has 0 atom stereocenters. The van der Waals surface area contributed by atoms with Crippen LogP contribution in [0.15, 0.2) is 28.7 Å². The molecule has 0 unspecified atom stereocenters. The van der Waals surface area contributed by atoms with Crippen molar-refractivity contribution in [3.8, 4) is 0 Å². The maximum absolute atomic E-state index is 12.3. The Kier molecular flexibility index (Phi) is 2.44. The molecule has 3 aromatic rings. The largest absolute Gasteiger partial charge is 0.450 e. The molecule has 4 nitrogen and oxygen atoms in total. The zero-order valence-corrected chi connectivity index (χ0v) is 9.95. The highest BCUT2D eigenvalue weighted by atomic mass is 19.4. The van der Waals surface area contributed by atoms with Crippen LogP contribution in [-0.4, -0.2) is 22.5 Å². The van der Waals surface area contributed by atoms with Crippen molar-refractivity contribution >= 4 is 27.9 Å². The molecule has 0 aliphatic carbocycles. The van der Waals surface area contributed by atoms with Crippen LogP contribution in [-0.2, 0) is 7.05 Å². The van der Waals surface area contributed by atoms with Crippen molar-refractivity contribution in [2.24, 2.45) is 7.05 Å². The number of furan rings is 1. The third kappa shape index (κ3) is 2.00. The SMILES string of the molecule is Cn1nc2c(oc3ccccc32)c1NCC(F)(F)F. The molecule has 0 saturated carbocycles. The molecule has 3 rings (SSSR count). The quantitative estimate of drug-likeness (QED) is 0.776. The molecule has 0 aliphatic heterocycles. The summed E-state index contributed by atoms with van der Waals surface area (Å²) >= 11 is 0. The van der Waals surface area contributed by atoms with Crippen molar-refractivity contribution < 1.29 is 17.6 Å². The number of aromatic nitrogens is 2. The number of anilines is 1. The van der Waals surface area contributed by atoms with E-state index in [0.29, 0.717) is 16.7 Å². The molecular formula is C12H10F3N3O. The lowest BCUT2D eigenvalue weighted by molar-refractivity contribution is -0.115. The molecule has 0 spiro atoms. The van der Waals surface area contributed by atoms with Crippen molar-refractivity contribution in [2.75, 3.05) is 11.9 Å². The van der Waals surface area contributed by atoms with Crippen molar-refractivity contribution in [3.05, 3.63) is 24.3 Å². The molecule has 0 radical (unpaired) electrons. The molecule has 19 heavy (non-hydrogen) atoms. The van der Waals surface area contributed by atoms with Gasteiger partial charge in [-0.3, -0.25) is 0 Å². The predicted molar refractivity (Wildman–Crippen MR) is 65.0 cm³/mol. The zero-order chi connectivity index (χ0) is 13.6. The third-order valence-electron chi connectivity index (χ3n) is 2.81. The molecule has 0 bridgehead atoms. The minimum Gasteiger partial charge on any atom is -0.450 e. The van der Waals surface area contributed by atoms with E-state index < -0.39 is 12.7 Å². The maximum Gasteiger partial charge on any atom is 0.405 e. The van der Waals surface area contributed by atoms with Gasteiger partial charge in [0.15, 0.2) is 11.4 Å². The number of benzene rings is 1. The van der Waals surface area contributed by atoms with E-state index in [1.165, 1.54) is 4.68 Å². The van der Waals surface area contributed by atoms with Gasteiger partial charge in [-0.05, 0) is 12.1 Å². The topological polar surface area (TPSA) is 43.0 Å². The summed E-state index contributed by atoms with van der Waals surface area (Å²) in [6.45, 7) is -1.13. The molecular weight excluding hydrogens is 259 g/mol. The number of aryl methyl sites for hydroxylation is 1. The van der Waals surface area contributed by atoms with Crippen molar-refractivity contribution in [1.82, 2.24) is 9.78 Å². The van der Waals surface area contributed by atoms with E-state index in [2.05, 4.69) is 10.4 Å². The van der Waals surface area contributed by atoms with Crippen LogP contribution in [0, 0.1) is 0 Å². The summed E-state index contributed by atoms with van der Waals surface area (Å²) in [5.41, 5.74) is 1.51. The third-order valence-corrected chi connectivity index (χ3v) is 2.81. The Balaban J connectivity index is 2.11. The number of rotatable bonds is 2. The van der Waals surface area contributed by atoms with E-state index in [4.69, 9.17) is 4.42 Å². The lowest BCUT2D eigenvalue weighted by Crippen LogP contribution is -2.22. The van der Waals surface area contributed by atoms with Gasteiger partial charge in [-0.25, -0.2) is 4.68 Å². The average Bonchev–Trinajstić information content (AvgIpc) is 2.81. The number of hydrogen-bond donors (Lipinski definition) is 1. The van der Waals surface area contributed by atoms with Crippen molar-refractivity contribution in [3.63, 3.8) is 0 Å². The van der Waals surface area contributed by atoms with Crippen LogP contribution < -0.4 is 5.32 Å². The Labute approximate surface area is 105 Å². The van der Waals surface area contributed by atoms with Crippen LogP contribution in [0.4, 0.5) is 19.0 Å². The van der Waals surface area contributed by atoms with E-state index in [-0.39, 0.29) is 5.82 Å². The Morgan fingerprint density at radius 2 is 2.05 bits per heavy atom. The van der Waals surface area contributed by atoms with Gasteiger partial charge in [-0.15, -0.1) is 0 Å². The van der Waals surface area contributed by atoms with E-state index in [0.717, 1.165) is 5.39 Å². The first-order valence-electron chi connectivity index (χ1n) is 5.60. The first kappa shape index (κ1) is 11.9. The van der Waals surface area contributed by atoms with E-state index in [1.54, 1.807) is 19.2 Å². The molecule has 7 heteroatoms. The number of nitrogens with zero attached hydrogens (tertiary/aromatic N) is 2. The molecule has 100 valence electrons. The molecule has 0 aliphatic rings. The number of fused-ring (bicyclic) bond motifs is 3. The van der Waals surface area contributed by atoms with Crippen molar-refractivity contribution in [2.45, 2.75) is 6.18 Å². The Morgan fingerprint density at radius 1 is 1.32 bits per heavy atom. The van der Waals surface area contributed by atoms with Crippen molar-refractivity contribution in [1.29, 1.82) is 0 Å². The number of nitrogens with one attached hydrogen (secondary N) is 1. The Morgan fingerprint density at radius 3 is 2.79 bits per heavy atom. The summed E-state index contributed by atoms with van der Waals surface area (Å²) in [7, 11) is 1.57. The molecule has 1 N–H and O–H groups in total. The first-order valence-corrected chi connectivity index (χ1v) is 5.60. The lowest BCUT2D eigenvalue weighted by atomic mass is 10.2. The van der Waals surface area contributed by atoms with E-state index >= 15 is 0 Å². The standard InChI is InChI=1S/C12H10F3N3O/c1-18-11(16-6-12(13,14)15)10-9(17-18)7-4-2-3-5-8(7)19-10/h2-5,16H,6H2,1H3. The fraction of sp³-hybridized carbons (Fsp3) is 0.250. The number of alkyl halides is 3. The zero-order valence-electron chi connectivity index (χ0n) is 9.95. The minimum atomic E-state index is -4.29. The summed E-state index contributed by atoms with van der Waals surface area (Å²) in [4.78, 5) is 0. The van der Waals surface area contributed by atoms with Gasteiger partial charge in [0.25, 0.3) is 0 Å². The molecule has 1 aromatic carbocycles. The lowest BCUT2D eigenvalue weighted by Gasteiger charge is -2.08. The molecule has 2 heterocycles. The van der Waals surface area contributed by atoms with Gasteiger partial charge < -0.3 is 9.73 Å². The minimum absolute atomic E-state index is 0.225. The van der Waals surface area contributed by atoms with Crippen LogP contribution in [0.2, 0.25) is 0 Å². The second-order valence-electron chi connectivity index (χ2n) is 4.22. The highest BCUT2D eigenvalue weighted by Gasteiger charge is 2.28. The van der Waals surface area contributed by atoms with Crippen LogP contribution in [0.5, 0.6) is 0 Å². The second kappa shape index (κ2) is 3.91. The van der Waals surface area contributed by atoms with E-state index in [1.807, 2.05) is 12.1 Å². The van der Waals surface area contributed by atoms with Gasteiger partial charge in [-0.1, -0.05) is 12.1 Å². The van der Waals surface area contributed by atoms with Gasteiger partial charge >= 0.3 is 6.18 Å². The maximum atomic E-state index is 12.3. The second-order valence-corrected chi connectivity index (χ2v) is 4.22. The van der Waals surface area contributed by atoms with Gasteiger partial charge in [0, 0.05) is 12.4 Å². The van der Waals surface area contributed by atoms with Gasteiger partial charge in [-0.2, -0.15) is 18.3 Å². The number of para-hydroxylation sites is 1. The molecule has 2 aromatic heterocycles. The summed E-state index contributed by atoms with van der Waals surface area (Å²) in [6.07, 6.45) is -4.29. The Hall–Kier alpha value is -2.18. The smallest absolute Gasteiger partial charge is 0.405 e. The Bertz CT molecular complexity index is 742. The summed E-state index contributed by atoms with van der Waals surface area (Å²) in [6, 6.07) is 7.20. The predicted octanol–water partition coefficient (Wildman–Crippen LogP) is 3.29. The highest BCUT2D eigenvalue weighted by Crippen LogP contribution is 2.32. The van der Waals surface area contributed by atoms with Crippen LogP contribution in [0.3, 0.4) is 0 Å². The van der Waals surface area contributed by atoms with E-state index in [9.17, 15) is 13.2 Å². The summed E-state index contributed by atoms with van der Waals surface area (Å²) in [5, 5.41) is 7.30.